The number of nitrogens with two attached hydrogens (primary N) is 1. The van der Waals surface area contributed by atoms with Gasteiger partial charge in [0.05, 0.1) is 14.2 Å². The van der Waals surface area contributed by atoms with Crippen molar-refractivity contribution in [3.63, 3.8) is 0 Å². The van der Waals surface area contributed by atoms with Gasteiger partial charge in [-0.15, -0.1) is 0 Å². The Morgan fingerprint density at radius 3 is 2.50 bits per heavy atom. The third-order valence-corrected chi connectivity index (χ3v) is 3.58. The van der Waals surface area contributed by atoms with E-state index in [1.54, 1.807) is 14.2 Å². The highest BCUT2D eigenvalue weighted by Crippen LogP contribution is 2.30. The summed E-state index contributed by atoms with van der Waals surface area (Å²) in [5.74, 6) is 1.53. The Morgan fingerprint density at radius 2 is 1.85 bits per heavy atom. The Labute approximate surface area is 124 Å². The Hall–Kier alpha value is -1.71. The summed E-state index contributed by atoms with van der Waals surface area (Å²) in [5, 5.41) is 0.687. The monoisotopic (exact) mass is 291 g/mol. The SMILES string of the molecule is COc1ccc(CC(N)c2ccccc2Cl)c(OC)c1. The molecule has 0 heterocycles. The van der Waals surface area contributed by atoms with Crippen molar-refractivity contribution in [2.45, 2.75) is 12.5 Å². The van der Waals surface area contributed by atoms with Crippen LogP contribution in [-0.4, -0.2) is 14.2 Å². The summed E-state index contributed by atoms with van der Waals surface area (Å²) in [7, 11) is 3.27. The van der Waals surface area contributed by atoms with E-state index >= 15 is 0 Å². The number of ether oxygens (including phenoxy) is 2. The third-order valence-electron chi connectivity index (χ3n) is 3.24. The Morgan fingerprint density at radius 1 is 1.10 bits per heavy atom. The van der Waals surface area contributed by atoms with E-state index in [9.17, 15) is 0 Å². The molecule has 2 rings (SSSR count). The molecule has 0 saturated heterocycles. The topological polar surface area (TPSA) is 44.5 Å². The summed E-state index contributed by atoms with van der Waals surface area (Å²) in [6, 6.07) is 13.2. The highest BCUT2D eigenvalue weighted by Gasteiger charge is 2.13. The minimum atomic E-state index is -0.175. The highest BCUT2D eigenvalue weighted by molar-refractivity contribution is 6.31. The molecule has 3 nitrogen and oxygen atoms in total. The molecule has 4 heteroatoms. The Bertz CT molecular complexity index is 586. The van der Waals surface area contributed by atoms with Crippen molar-refractivity contribution < 1.29 is 9.47 Å². The molecule has 0 radical (unpaired) electrons. The highest BCUT2D eigenvalue weighted by atomic mass is 35.5. The van der Waals surface area contributed by atoms with Gasteiger partial charge in [0.25, 0.3) is 0 Å². The van der Waals surface area contributed by atoms with Gasteiger partial charge in [0.15, 0.2) is 0 Å². The molecule has 106 valence electrons. The van der Waals surface area contributed by atoms with Crippen LogP contribution in [0.3, 0.4) is 0 Å². The second-order valence-corrected chi connectivity index (χ2v) is 4.92. The number of methoxy groups -OCH3 is 2. The molecule has 0 aliphatic rings. The van der Waals surface area contributed by atoms with Crippen LogP contribution in [0.2, 0.25) is 5.02 Å². The molecule has 2 N–H and O–H groups in total. The standard InChI is InChI=1S/C16H18ClNO2/c1-19-12-8-7-11(16(10-12)20-2)9-15(18)13-5-3-4-6-14(13)17/h3-8,10,15H,9,18H2,1-2H3. The molecule has 2 aromatic rings. The van der Waals surface area contributed by atoms with Gasteiger partial charge in [0, 0.05) is 17.1 Å². The van der Waals surface area contributed by atoms with Crippen LogP contribution < -0.4 is 15.2 Å². The minimum absolute atomic E-state index is 0.175. The van der Waals surface area contributed by atoms with Crippen molar-refractivity contribution in [3.8, 4) is 11.5 Å². The van der Waals surface area contributed by atoms with Crippen molar-refractivity contribution in [1.82, 2.24) is 0 Å². The van der Waals surface area contributed by atoms with Gasteiger partial charge in [-0.05, 0) is 29.7 Å². The fourth-order valence-electron chi connectivity index (χ4n) is 2.14. The maximum absolute atomic E-state index is 6.25. The second-order valence-electron chi connectivity index (χ2n) is 4.51. The lowest BCUT2D eigenvalue weighted by Crippen LogP contribution is -2.14. The summed E-state index contributed by atoms with van der Waals surface area (Å²) in [5.41, 5.74) is 8.22. The Kier molecular flexibility index (Phi) is 4.88. The third kappa shape index (κ3) is 3.24. The lowest BCUT2D eigenvalue weighted by molar-refractivity contribution is 0.390. The summed E-state index contributed by atoms with van der Waals surface area (Å²) < 4.78 is 10.6. The number of hydrogen-bond acceptors (Lipinski definition) is 3. The quantitative estimate of drug-likeness (QED) is 0.915. The minimum Gasteiger partial charge on any atom is -0.497 e. The molecular weight excluding hydrogens is 274 g/mol. The van der Waals surface area contributed by atoms with Crippen molar-refractivity contribution in [2.75, 3.05) is 14.2 Å². The zero-order chi connectivity index (χ0) is 14.5. The number of hydrogen-bond donors (Lipinski definition) is 1. The summed E-state index contributed by atoms with van der Waals surface area (Å²) in [6.07, 6.45) is 0.650. The van der Waals surface area contributed by atoms with Gasteiger partial charge in [-0.3, -0.25) is 0 Å². The first kappa shape index (κ1) is 14.7. The fraction of sp³-hybridized carbons (Fsp3) is 0.250. The lowest BCUT2D eigenvalue weighted by Gasteiger charge is -2.16. The van der Waals surface area contributed by atoms with E-state index in [0.29, 0.717) is 11.4 Å². The molecule has 0 aliphatic heterocycles. The average molecular weight is 292 g/mol. The first-order valence-corrected chi connectivity index (χ1v) is 6.74. The van der Waals surface area contributed by atoms with Crippen molar-refractivity contribution >= 4 is 11.6 Å². The van der Waals surface area contributed by atoms with Crippen LogP contribution >= 0.6 is 11.6 Å². The smallest absolute Gasteiger partial charge is 0.125 e. The van der Waals surface area contributed by atoms with Gasteiger partial charge in [-0.2, -0.15) is 0 Å². The van der Waals surface area contributed by atoms with Crippen LogP contribution in [0.15, 0.2) is 42.5 Å². The van der Waals surface area contributed by atoms with Crippen LogP contribution in [0.1, 0.15) is 17.2 Å². The largest absolute Gasteiger partial charge is 0.497 e. The van der Waals surface area contributed by atoms with Gasteiger partial charge in [0.1, 0.15) is 11.5 Å². The van der Waals surface area contributed by atoms with Crippen molar-refractivity contribution in [1.29, 1.82) is 0 Å². The normalized spacial score (nSPS) is 12.0. The van der Waals surface area contributed by atoms with Crippen LogP contribution in [0.4, 0.5) is 0 Å². The molecule has 1 atom stereocenters. The molecule has 2 aromatic carbocycles. The average Bonchev–Trinajstić information content (AvgIpc) is 2.48. The van der Waals surface area contributed by atoms with E-state index in [0.717, 1.165) is 22.6 Å². The maximum Gasteiger partial charge on any atom is 0.125 e. The molecule has 0 bridgehead atoms. The summed E-state index contributed by atoms with van der Waals surface area (Å²) in [4.78, 5) is 0. The van der Waals surface area contributed by atoms with Gasteiger partial charge in [0.2, 0.25) is 0 Å². The molecule has 0 aliphatic carbocycles. The predicted octanol–water partition coefficient (Wildman–Crippen LogP) is 3.60. The van der Waals surface area contributed by atoms with Gasteiger partial charge < -0.3 is 15.2 Å². The van der Waals surface area contributed by atoms with E-state index in [2.05, 4.69) is 0 Å². The van der Waals surface area contributed by atoms with Crippen molar-refractivity contribution in [3.05, 3.63) is 58.6 Å². The molecule has 1 unspecified atom stereocenters. The van der Waals surface area contributed by atoms with Crippen LogP contribution in [0.5, 0.6) is 11.5 Å². The fourth-order valence-corrected chi connectivity index (χ4v) is 2.42. The van der Waals surface area contributed by atoms with Crippen LogP contribution in [0, 0.1) is 0 Å². The maximum atomic E-state index is 6.25. The van der Waals surface area contributed by atoms with E-state index in [-0.39, 0.29) is 6.04 Å². The number of benzene rings is 2. The molecule has 0 saturated carbocycles. The Balaban J connectivity index is 2.23. The zero-order valence-electron chi connectivity index (χ0n) is 11.6. The van der Waals surface area contributed by atoms with Crippen LogP contribution in [0.25, 0.3) is 0 Å². The second kappa shape index (κ2) is 6.64. The predicted molar refractivity (Wildman–Crippen MR) is 81.6 cm³/mol. The lowest BCUT2D eigenvalue weighted by atomic mass is 9.99. The summed E-state index contributed by atoms with van der Waals surface area (Å²) >= 11 is 6.18. The first-order valence-electron chi connectivity index (χ1n) is 6.36. The van der Waals surface area contributed by atoms with Gasteiger partial charge in [-0.25, -0.2) is 0 Å². The van der Waals surface area contributed by atoms with E-state index in [1.807, 2.05) is 42.5 Å². The first-order chi connectivity index (χ1) is 9.65. The van der Waals surface area contributed by atoms with Crippen molar-refractivity contribution in [2.24, 2.45) is 5.73 Å². The summed E-state index contributed by atoms with van der Waals surface area (Å²) in [6.45, 7) is 0. The molecule has 0 fully saturated rings. The van der Waals surface area contributed by atoms with Gasteiger partial charge in [-0.1, -0.05) is 35.9 Å². The zero-order valence-corrected chi connectivity index (χ0v) is 12.4. The van der Waals surface area contributed by atoms with E-state index in [1.165, 1.54) is 0 Å². The molecule has 0 spiro atoms. The molecule has 0 amide bonds. The van der Waals surface area contributed by atoms with Gasteiger partial charge >= 0.3 is 0 Å². The molecule has 20 heavy (non-hydrogen) atoms. The molecular formula is C16H18ClNO2. The number of rotatable bonds is 5. The number of halogens is 1. The van der Waals surface area contributed by atoms with E-state index < -0.39 is 0 Å². The molecule has 0 aromatic heterocycles. The van der Waals surface area contributed by atoms with E-state index in [4.69, 9.17) is 26.8 Å². The van der Waals surface area contributed by atoms with Crippen LogP contribution in [-0.2, 0) is 6.42 Å².